The van der Waals surface area contributed by atoms with Crippen molar-refractivity contribution in [1.82, 2.24) is 31.1 Å². The van der Waals surface area contributed by atoms with Crippen molar-refractivity contribution in [2.75, 3.05) is 19.6 Å². The molecule has 0 aromatic carbocycles. The number of nitrogens with one attached hydrogen (secondary N) is 4. The maximum atomic E-state index is 15.1. The van der Waals surface area contributed by atoms with Gasteiger partial charge in [-0.05, 0) is 99.5 Å². The first-order chi connectivity index (χ1) is 25.5. The highest BCUT2D eigenvalue weighted by molar-refractivity contribution is 6.38. The van der Waals surface area contributed by atoms with Crippen molar-refractivity contribution in [3.8, 4) is 0 Å². The van der Waals surface area contributed by atoms with Gasteiger partial charge in [-0.15, -0.1) is 0 Å². The van der Waals surface area contributed by atoms with Crippen molar-refractivity contribution >= 4 is 35.3 Å². The van der Waals surface area contributed by atoms with E-state index in [0.717, 1.165) is 90.1 Å². The van der Waals surface area contributed by atoms with Gasteiger partial charge in [0.1, 0.15) is 18.1 Å². The summed E-state index contributed by atoms with van der Waals surface area (Å²) in [6, 6.07) is -3.81. The van der Waals surface area contributed by atoms with Gasteiger partial charge in [0.2, 0.25) is 29.4 Å². The molecule has 0 aromatic rings. The summed E-state index contributed by atoms with van der Waals surface area (Å²) in [6.45, 7) is 16.3. The Morgan fingerprint density at radius 2 is 1.44 bits per heavy atom. The smallest absolute Gasteiger partial charge is 0.289 e. The highest BCUT2D eigenvalue weighted by Crippen LogP contribution is 2.88. The van der Waals surface area contributed by atoms with Crippen LogP contribution in [-0.4, -0.2) is 101 Å². The number of hydrogen-bond acceptors (Lipinski definition) is 7. The molecule has 6 atom stereocenters. The zero-order valence-electron chi connectivity index (χ0n) is 34.1. The van der Waals surface area contributed by atoms with E-state index in [9.17, 15) is 24.0 Å². The molecule has 54 heavy (non-hydrogen) atoms. The molecule has 2 saturated heterocycles. The number of rotatable bonds is 14. The number of ketones is 1. The molecule has 4 aliphatic carbocycles. The first-order valence-corrected chi connectivity index (χ1v) is 21.3. The molecular formula is C42H68N6O6. The van der Waals surface area contributed by atoms with Gasteiger partial charge in [-0.3, -0.25) is 33.7 Å². The normalized spacial score (nSPS) is 29.2. The Hall–Kier alpha value is -3.02. The van der Waals surface area contributed by atoms with Crippen LogP contribution in [0.3, 0.4) is 0 Å². The topological polar surface area (TPSA) is 157 Å². The summed E-state index contributed by atoms with van der Waals surface area (Å²) in [6.07, 6.45) is 12.7. The Morgan fingerprint density at radius 3 is 2.00 bits per heavy atom. The van der Waals surface area contributed by atoms with Gasteiger partial charge < -0.3 is 26.2 Å². The van der Waals surface area contributed by atoms with Crippen LogP contribution in [0, 0.1) is 27.6 Å². The first kappa shape index (κ1) is 40.6. The van der Waals surface area contributed by atoms with E-state index < -0.39 is 47.2 Å². The Labute approximate surface area is 322 Å². The maximum absolute atomic E-state index is 15.1. The van der Waals surface area contributed by atoms with Gasteiger partial charge in [0.25, 0.3) is 5.91 Å². The van der Waals surface area contributed by atoms with Crippen molar-refractivity contribution in [3.63, 3.8) is 0 Å². The van der Waals surface area contributed by atoms with E-state index in [4.69, 9.17) is 0 Å². The van der Waals surface area contributed by atoms with E-state index >= 15 is 4.79 Å². The number of hydrogen-bond donors (Lipinski definition) is 4. The van der Waals surface area contributed by atoms with Crippen molar-refractivity contribution in [2.45, 2.75) is 181 Å². The predicted molar refractivity (Wildman–Crippen MR) is 206 cm³/mol. The number of fused-ring (bicyclic) bond motifs is 1. The van der Waals surface area contributed by atoms with Crippen LogP contribution in [-0.2, 0) is 28.8 Å². The molecule has 0 bridgehead atoms. The van der Waals surface area contributed by atoms with E-state index in [1.807, 2.05) is 27.7 Å². The molecule has 302 valence electrons. The van der Waals surface area contributed by atoms with E-state index in [1.165, 1.54) is 0 Å². The van der Waals surface area contributed by atoms with E-state index in [1.54, 1.807) is 4.90 Å². The van der Waals surface area contributed by atoms with Gasteiger partial charge in [-0.2, -0.15) is 0 Å². The minimum atomic E-state index is -0.985. The van der Waals surface area contributed by atoms with Crippen LogP contribution in [0.15, 0.2) is 0 Å². The van der Waals surface area contributed by atoms with Crippen LogP contribution in [0.2, 0.25) is 0 Å². The molecule has 2 spiro atoms. The number of carbonyl (C=O) groups excluding carboxylic acids is 6. The standard InChI is InChI=1S/C42H68N6O6/c1-8-15-28(32(49)37(53)43-27-19-20-27)44-35(51)30-24-42(40(6,7)41(42)21-14-22-41)25-48(30)38(54)33(39(3,4)5)46-36(52)31(26-16-11-10-12-17-26)45-34(50)29-18-13-23-47(29)9-2/h26-31,33H,8-25H2,1-7H3,(H,43,53)(H,44,51)(H,45,50)(H,46,52)/t28-,29+,30?,31-,33+,42+/m0/s1. The van der Waals surface area contributed by atoms with E-state index in [0.29, 0.717) is 25.8 Å². The number of likely N-dealkylation sites (tertiary alicyclic amines) is 2. The molecule has 2 heterocycles. The summed E-state index contributed by atoms with van der Waals surface area (Å²) >= 11 is 0. The molecule has 0 aromatic heterocycles. The number of nitrogens with zero attached hydrogens (tertiary/aromatic N) is 2. The van der Waals surface area contributed by atoms with Crippen molar-refractivity contribution < 1.29 is 28.8 Å². The lowest BCUT2D eigenvalue weighted by atomic mass is 9.73. The highest BCUT2D eigenvalue weighted by Gasteiger charge is 2.85. The lowest BCUT2D eigenvalue weighted by molar-refractivity contribution is -0.145. The third-order valence-electron chi connectivity index (χ3n) is 14.9. The molecule has 6 fully saturated rings. The fourth-order valence-corrected chi connectivity index (χ4v) is 11.2. The summed E-state index contributed by atoms with van der Waals surface area (Å²) in [4.78, 5) is 87.7. The number of carbonyl (C=O) groups is 6. The average molecular weight is 753 g/mol. The van der Waals surface area contributed by atoms with Gasteiger partial charge in [0.15, 0.2) is 0 Å². The summed E-state index contributed by atoms with van der Waals surface area (Å²) in [5, 5.41) is 12.0. The second-order valence-corrected chi connectivity index (χ2v) is 19.3. The largest absolute Gasteiger partial charge is 0.347 e. The molecule has 12 nitrogen and oxygen atoms in total. The maximum Gasteiger partial charge on any atom is 0.289 e. The summed E-state index contributed by atoms with van der Waals surface area (Å²) in [5.74, 6) is -2.57. The van der Waals surface area contributed by atoms with Crippen molar-refractivity contribution in [3.05, 3.63) is 0 Å². The number of likely N-dealkylation sites (N-methyl/N-ethyl adjacent to an activating group) is 1. The lowest BCUT2D eigenvalue weighted by Gasteiger charge is -2.38. The van der Waals surface area contributed by atoms with Crippen LogP contribution in [0.5, 0.6) is 0 Å². The highest BCUT2D eigenvalue weighted by atomic mass is 16.2. The Bertz CT molecular complexity index is 1480. The van der Waals surface area contributed by atoms with Gasteiger partial charge in [0, 0.05) is 18.0 Å². The average Bonchev–Trinajstić information content (AvgIpc) is 3.79. The van der Waals surface area contributed by atoms with Gasteiger partial charge >= 0.3 is 0 Å². The van der Waals surface area contributed by atoms with Crippen LogP contribution in [0.4, 0.5) is 0 Å². The molecule has 6 rings (SSSR count). The molecule has 0 radical (unpaired) electrons. The molecule has 5 amide bonds. The van der Waals surface area contributed by atoms with Crippen LogP contribution < -0.4 is 21.3 Å². The Kier molecular flexibility index (Phi) is 11.7. The fourth-order valence-electron chi connectivity index (χ4n) is 11.2. The second kappa shape index (κ2) is 15.5. The molecule has 4 N–H and O–H groups in total. The van der Waals surface area contributed by atoms with Gasteiger partial charge in [-0.1, -0.05) is 80.6 Å². The minimum absolute atomic E-state index is 0.0160. The molecule has 1 unspecified atom stereocenters. The van der Waals surface area contributed by atoms with Crippen molar-refractivity contribution in [1.29, 1.82) is 0 Å². The second-order valence-electron chi connectivity index (χ2n) is 19.3. The Balaban J connectivity index is 1.25. The zero-order valence-corrected chi connectivity index (χ0v) is 34.1. The van der Waals surface area contributed by atoms with Crippen molar-refractivity contribution in [2.24, 2.45) is 27.6 Å². The van der Waals surface area contributed by atoms with Crippen LogP contribution in [0.25, 0.3) is 0 Å². The first-order valence-electron chi connectivity index (χ1n) is 21.3. The zero-order chi connectivity index (χ0) is 39.2. The van der Waals surface area contributed by atoms with Gasteiger partial charge in [0.05, 0.1) is 12.1 Å². The molecule has 12 heteroatoms. The fraction of sp³-hybridized carbons (Fsp3) is 0.857. The lowest BCUT2D eigenvalue weighted by Crippen LogP contribution is -2.62. The predicted octanol–water partition coefficient (Wildman–Crippen LogP) is 4.00. The van der Waals surface area contributed by atoms with Gasteiger partial charge in [-0.25, -0.2) is 0 Å². The number of Topliss-reactive ketones (excluding diaryl/α,β-unsaturated/α-hetero) is 1. The third kappa shape index (κ3) is 7.34. The minimum Gasteiger partial charge on any atom is -0.347 e. The summed E-state index contributed by atoms with van der Waals surface area (Å²) in [7, 11) is 0. The third-order valence-corrected chi connectivity index (χ3v) is 14.9. The molecular weight excluding hydrogens is 684 g/mol. The molecule has 4 saturated carbocycles. The summed E-state index contributed by atoms with van der Waals surface area (Å²) in [5.41, 5.74) is -1.02. The Morgan fingerprint density at radius 1 is 0.778 bits per heavy atom. The quantitative estimate of drug-likeness (QED) is 0.196. The molecule has 6 aliphatic rings. The SMILES string of the molecule is CCC[C@H](NC(=O)C1C[C@@]2(CN1C(=O)[C@@H](NC(=O)[C@@H](NC(=O)[C@H]1CCCN1CC)C1CCCCC1)C(C)(C)C)C(C)(C)C21CCC1)C(=O)C(=O)NC1CC1. The van der Waals surface area contributed by atoms with E-state index in [-0.39, 0.29) is 52.0 Å². The summed E-state index contributed by atoms with van der Waals surface area (Å²) < 4.78 is 0. The van der Waals surface area contributed by atoms with Crippen LogP contribution >= 0.6 is 0 Å². The molecule has 2 aliphatic heterocycles. The monoisotopic (exact) mass is 753 g/mol. The number of amides is 5. The van der Waals surface area contributed by atoms with E-state index in [2.05, 4.69) is 46.9 Å². The van der Waals surface area contributed by atoms with Crippen LogP contribution in [0.1, 0.15) is 145 Å².